The molecule has 0 saturated carbocycles. The number of ether oxygens (including phenoxy) is 4. The normalized spacial score (nSPS) is 13.1. The lowest BCUT2D eigenvalue weighted by Gasteiger charge is -2.27. The molecule has 0 atom stereocenters. The molecular formula is C134H141N7O9. The van der Waals surface area contributed by atoms with Gasteiger partial charge >= 0.3 is 0 Å². The van der Waals surface area contributed by atoms with E-state index in [4.69, 9.17) is 28.9 Å². The Balaban J connectivity index is 0.792. The maximum Gasteiger partial charge on any atom is 0.266 e. The molecule has 3 N–H and O–H groups in total. The predicted molar refractivity (Wildman–Crippen MR) is 618 cm³/mol. The summed E-state index contributed by atoms with van der Waals surface area (Å²) in [5, 5.41) is 3.52. The summed E-state index contributed by atoms with van der Waals surface area (Å²) in [4.78, 5) is 94.0. The Labute approximate surface area is 881 Å². The van der Waals surface area contributed by atoms with Gasteiger partial charge in [0.2, 0.25) is 0 Å². The van der Waals surface area contributed by atoms with E-state index >= 15 is 4.79 Å². The molecule has 19 rings (SSSR count). The van der Waals surface area contributed by atoms with Crippen molar-refractivity contribution in [1.29, 1.82) is 0 Å². The van der Waals surface area contributed by atoms with Crippen molar-refractivity contribution in [2.45, 2.75) is 270 Å². The molecule has 0 radical (unpaired) electrons. The molecule has 11 aromatic carbocycles. The van der Waals surface area contributed by atoms with Crippen LogP contribution < -0.4 is 46.5 Å². The number of H-pyrrole nitrogens is 2. The average molecular weight is 1990 g/mol. The van der Waals surface area contributed by atoms with Crippen molar-refractivity contribution >= 4 is 77.5 Å². The Morgan fingerprint density at radius 1 is 0.400 bits per heavy atom. The average Bonchev–Trinajstić information content (AvgIpc) is 1.58. The number of rotatable bonds is 26. The Morgan fingerprint density at radius 2 is 0.773 bits per heavy atom. The number of aromatic nitrogens is 6. The second-order valence-corrected chi connectivity index (χ2v) is 45.6. The smallest absolute Gasteiger partial charge is 0.266 e. The minimum Gasteiger partial charge on any atom is -0.494 e. The number of anilines is 1. The van der Waals surface area contributed by atoms with Gasteiger partial charge in [0.25, 0.3) is 28.1 Å². The summed E-state index contributed by atoms with van der Waals surface area (Å²) in [5.41, 5.74) is 35.6. The predicted octanol–water partition coefficient (Wildman–Crippen LogP) is 30.4. The Bertz CT molecular complexity index is 8190. The van der Waals surface area contributed by atoms with E-state index in [0.717, 1.165) is 199 Å². The van der Waals surface area contributed by atoms with E-state index < -0.39 is 28.1 Å². The molecule has 0 unspecified atom stereocenters. The van der Waals surface area contributed by atoms with E-state index in [1.807, 2.05) is 72.8 Å². The zero-order valence-corrected chi connectivity index (χ0v) is 91.4. The first-order valence-corrected chi connectivity index (χ1v) is 53.8. The number of hydrogen-bond donors (Lipinski definition) is 3. The highest BCUT2D eigenvalue weighted by molar-refractivity contribution is 6.06. The molecule has 0 fully saturated rings. The standard InChI is InChI=1S/C134H141N7O9/c1-23-50-147-103-62-82-52-84(64-103)56-95-68-101(135-126(142)91-44-46-102(47-45-91)141-129(145)112-72-110-111(73-113(112)130(141)146)128(144)140(127(110)143)49-48-109(88-38-32-29-33-39-88)89-40-34-30-35-41-89)69-96(125(95)150-77-87-60-99(133(17,18)19)71-100(61-87)134(20,21)22)57-85-53-83(63-104(65-85)148-51-24-2)55-94-67-92(66-93(54-82)124(94)149-76-86-58-97(131(11,12)13)70-98(59-86)132(14,15)16)119-122-80(9)107(27-5)116(138-122)74-114-105(25-3)78(7)120(136-114)118(90-42-36-31-37-43-90)121-79(8)106(26-4)115(137-121)75-117-108(28-6)81(10)123(119)139-117/h29-47,52-53,58-75,109,136,139H,23-28,48-51,54-57,76-77H2,1-22H3,(H,135,142). The number of amides is 1. The van der Waals surface area contributed by atoms with E-state index in [9.17, 15) is 19.2 Å². The van der Waals surface area contributed by atoms with Crippen LogP contribution in [0.3, 0.4) is 0 Å². The molecule has 1 amide bonds. The van der Waals surface area contributed by atoms with Crippen LogP contribution >= 0.6 is 0 Å². The van der Waals surface area contributed by atoms with Crippen LogP contribution in [0.25, 0.3) is 93.8 Å². The van der Waals surface area contributed by atoms with Gasteiger partial charge in [-0.2, -0.15) is 0 Å². The van der Waals surface area contributed by atoms with Gasteiger partial charge < -0.3 is 34.2 Å². The van der Waals surface area contributed by atoms with Crippen LogP contribution in [0.5, 0.6) is 23.0 Å². The highest BCUT2D eigenvalue weighted by Gasteiger charge is 2.33. The number of allylic oxidation sites excluding steroid dienone is 4. The summed E-state index contributed by atoms with van der Waals surface area (Å²) in [7, 11) is 0. The van der Waals surface area contributed by atoms with E-state index in [-0.39, 0.29) is 80.1 Å². The van der Waals surface area contributed by atoms with Crippen LogP contribution in [-0.2, 0) is 79.9 Å². The number of nitrogens with zero attached hydrogens (tertiary/aromatic N) is 4. The van der Waals surface area contributed by atoms with Crippen molar-refractivity contribution in [3.05, 3.63) is 418 Å². The van der Waals surface area contributed by atoms with Crippen LogP contribution in [0.2, 0.25) is 0 Å². The molecule has 150 heavy (non-hydrogen) atoms. The van der Waals surface area contributed by atoms with Crippen molar-refractivity contribution in [3.8, 4) is 50.9 Å². The first kappa shape index (κ1) is 104. The van der Waals surface area contributed by atoms with Gasteiger partial charge in [-0.15, -0.1) is 0 Å². The topological polar surface area (TPSA) is 202 Å². The number of benzene rings is 11. The molecule has 2 aliphatic heterocycles. The number of hydrogen-bond acceptors (Lipinski definition) is 11. The molecule has 7 heterocycles. The Hall–Kier alpha value is -15.0. The van der Waals surface area contributed by atoms with Gasteiger partial charge in [0.1, 0.15) is 36.2 Å². The highest BCUT2D eigenvalue weighted by atomic mass is 16.5. The van der Waals surface area contributed by atoms with Crippen molar-refractivity contribution in [3.63, 3.8) is 0 Å². The fraction of sp³-hybridized carbons (Fsp3) is 0.321. The molecule has 5 aromatic heterocycles. The van der Waals surface area contributed by atoms with Gasteiger partial charge in [0.15, 0.2) is 0 Å². The summed E-state index contributed by atoms with van der Waals surface area (Å²) in [6.07, 6.45) is 6.45. The van der Waals surface area contributed by atoms with Crippen molar-refractivity contribution < 1.29 is 23.7 Å². The first-order valence-electron chi connectivity index (χ1n) is 53.8. The summed E-state index contributed by atoms with van der Waals surface area (Å²) in [5.74, 6) is 2.30. The Kier molecular flexibility index (Phi) is 28.9. The lowest BCUT2D eigenvalue weighted by Crippen LogP contribution is -2.26. The van der Waals surface area contributed by atoms with Gasteiger partial charge in [-0.1, -0.05) is 264 Å². The lowest BCUT2D eigenvalue weighted by atomic mass is 9.79. The monoisotopic (exact) mass is 1990 g/mol. The molecule has 1 aliphatic carbocycles. The number of fused-ring (bicyclic) bond motifs is 18. The van der Waals surface area contributed by atoms with E-state index in [1.165, 1.54) is 66.8 Å². The fourth-order valence-electron chi connectivity index (χ4n) is 22.6. The molecule has 16 aromatic rings. The molecule has 16 nitrogen and oxygen atoms in total. The third-order valence-corrected chi connectivity index (χ3v) is 30.8. The first-order chi connectivity index (χ1) is 71.8. The van der Waals surface area contributed by atoms with Crippen LogP contribution in [0.1, 0.15) is 321 Å². The summed E-state index contributed by atoms with van der Waals surface area (Å²) >= 11 is 0. The largest absolute Gasteiger partial charge is 0.494 e. The highest BCUT2D eigenvalue weighted by Crippen LogP contribution is 2.49. The van der Waals surface area contributed by atoms with Crippen molar-refractivity contribution in [2.24, 2.45) is 0 Å². The van der Waals surface area contributed by atoms with Crippen molar-refractivity contribution in [1.82, 2.24) is 29.1 Å². The van der Waals surface area contributed by atoms with Gasteiger partial charge in [-0.05, 0) is 325 Å². The van der Waals surface area contributed by atoms with Crippen LogP contribution in [0.4, 0.5) is 5.69 Å². The van der Waals surface area contributed by atoms with Crippen LogP contribution in [0.15, 0.2) is 256 Å². The third kappa shape index (κ3) is 20.8. The number of nitrogens with one attached hydrogen (secondary N) is 3. The second kappa shape index (κ2) is 41.8. The number of aromatic amines is 2. The fourth-order valence-corrected chi connectivity index (χ4v) is 22.6. The maximum atomic E-state index is 15.5. The summed E-state index contributed by atoms with van der Waals surface area (Å²) < 4.78 is 31.7. The number of aryl methyl sites for hydroxylation is 4. The molecule has 16 heteroatoms. The second-order valence-electron chi connectivity index (χ2n) is 45.6. The number of carbonyl (C=O) groups is 1. The van der Waals surface area contributed by atoms with Crippen LogP contribution in [0, 0.1) is 13.8 Å². The third-order valence-electron chi connectivity index (χ3n) is 30.8. The van der Waals surface area contributed by atoms with E-state index in [0.29, 0.717) is 68.3 Å². The minimum absolute atomic E-state index is 0.0119. The van der Waals surface area contributed by atoms with E-state index in [2.05, 4.69) is 295 Å². The lowest BCUT2D eigenvalue weighted by molar-refractivity contribution is 0.102. The molecule has 3 aliphatic rings. The zero-order chi connectivity index (χ0) is 106. The van der Waals surface area contributed by atoms with Crippen LogP contribution in [-0.4, -0.2) is 48.2 Å². The molecule has 0 saturated heterocycles. The molecular weight excluding hydrogens is 1850 g/mol. The van der Waals surface area contributed by atoms with Gasteiger partial charge in [-0.3, -0.25) is 28.5 Å². The van der Waals surface area contributed by atoms with Gasteiger partial charge in [0.05, 0.1) is 74.3 Å². The zero-order valence-electron chi connectivity index (χ0n) is 91.4. The molecule has 0 spiro atoms. The molecule has 766 valence electrons. The van der Waals surface area contributed by atoms with Gasteiger partial charge in [0, 0.05) is 82.7 Å². The van der Waals surface area contributed by atoms with E-state index in [1.54, 1.807) is 24.3 Å². The minimum atomic E-state index is -0.653. The maximum absolute atomic E-state index is 15.5. The SMILES string of the molecule is CCCOc1cc2cc(c1)Cc1cc(-c3c4nc(cc5[nH]c(c(C)c5CC)c(-c5ccccc5)c5nc(cc6[nH]c3c(C)c6CC)C(CC)=C5C)C(CC)=C4C)cc(c1OCc1cc(C(C)(C)C)cc(C(C)(C)C)c1)Cc1cc(cc(OCCC)c1)Cc1cc(NC(=O)c3ccc(-n4c(=O)c5cc6c(=O)n(CCC(c7ccccc7)c7ccccc7)c(=O)c6cc5c4=O)cc3)cc(c1OCc1cc(C(C)(C)C)cc(C(C)(C)C)c1)C2. The number of carbonyl (C=O) groups excluding carboxylic acids is 1. The summed E-state index contributed by atoms with van der Waals surface area (Å²) in [6.45, 7) is 51.2. The quantitative estimate of drug-likeness (QED) is 0.0466. The Morgan fingerprint density at radius 3 is 1.15 bits per heavy atom. The molecule has 16 bridgehead atoms. The summed E-state index contributed by atoms with van der Waals surface area (Å²) in [6, 6.07) is 80.7. The van der Waals surface area contributed by atoms with Gasteiger partial charge in [-0.25, -0.2) is 14.5 Å². The van der Waals surface area contributed by atoms with Crippen molar-refractivity contribution in [2.75, 3.05) is 18.5 Å².